The van der Waals surface area contributed by atoms with Crippen LogP contribution in [0.3, 0.4) is 0 Å². The minimum absolute atomic E-state index is 0.0479. The Kier molecular flexibility index (Phi) is 8.47. The first-order valence-corrected chi connectivity index (χ1v) is 15.1. The number of rotatable bonds is 5. The SMILES string of the molecule is CC(C)(C)OC(=O)n1ccc(-c2ccc(I)cc2)c1Cc1ccc(C(=O)c2cc(C(C)(C)C)cc(C(C)(C)C)c2)[nH]1. The molecule has 216 valence electrons. The van der Waals surface area contributed by atoms with Crippen LogP contribution in [0.1, 0.15) is 101 Å². The van der Waals surface area contributed by atoms with Gasteiger partial charge in [0, 0.05) is 38.7 Å². The first-order chi connectivity index (χ1) is 18.9. The molecule has 2 aromatic heterocycles. The van der Waals surface area contributed by atoms with Gasteiger partial charge in [-0.25, -0.2) is 4.79 Å². The van der Waals surface area contributed by atoms with Gasteiger partial charge in [0.1, 0.15) is 5.60 Å². The number of hydrogen-bond donors (Lipinski definition) is 1. The van der Waals surface area contributed by atoms with Crippen molar-refractivity contribution in [2.75, 3.05) is 0 Å². The molecule has 4 rings (SSSR count). The van der Waals surface area contributed by atoms with Gasteiger partial charge in [-0.1, -0.05) is 59.7 Å². The third-order valence-corrected chi connectivity index (χ3v) is 7.73. The van der Waals surface area contributed by atoms with Gasteiger partial charge >= 0.3 is 6.09 Å². The van der Waals surface area contributed by atoms with Gasteiger partial charge < -0.3 is 9.72 Å². The summed E-state index contributed by atoms with van der Waals surface area (Å²) in [4.78, 5) is 30.3. The molecule has 0 aliphatic carbocycles. The van der Waals surface area contributed by atoms with Crippen molar-refractivity contribution in [3.05, 3.63) is 104 Å². The Bertz CT molecular complexity index is 1540. The van der Waals surface area contributed by atoms with E-state index in [1.807, 2.05) is 63.2 Å². The summed E-state index contributed by atoms with van der Waals surface area (Å²) in [5, 5.41) is 0. The second-order valence-corrected chi connectivity index (χ2v) is 15.0. The number of aromatic amines is 1. The number of carbonyl (C=O) groups excluding carboxylic acids is 2. The van der Waals surface area contributed by atoms with Gasteiger partial charge in [-0.2, -0.15) is 0 Å². The number of halogens is 1. The second-order valence-electron chi connectivity index (χ2n) is 13.7. The summed E-state index contributed by atoms with van der Waals surface area (Å²) >= 11 is 2.28. The Morgan fingerprint density at radius 3 is 1.93 bits per heavy atom. The minimum atomic E-state index is -0.624. The van der Waals surface area contributed by atoms with E-state index >= 15 is 0 Å². The molecule has 0 saturated carbocycles. The zero-order valence-corrected chi connectivity index (χ0v) is 27.8. The molecule has 6 heteroatoms. The molecule has 0 radical (unpaired) electrons. The van der Waals surface area contributed by atoms with Crippen LogP contribution in [0.25, 0.3) is 11.1 Å². The number of nitrogens with zero attached hydrogens (tertiary/aromatic N) is 1. The average Bonchev–Trinajstić information content (AvgIpc) is 3.49. The Labute approximate surface area is 257 Å². The van der Waals surface area contributed by atoms with Gasteiger partial charge in [0.25, 0.3) is 0 Å². The number of aromatic nitrogens is 2. The van der Waals surface area contributed by atoms with Gasteiger partial charge in [0.15, 0.2) is 0 Å². The summed E-state index contributed by atoms with van der Waals surface area (Å²) in [5.41, 5.74) is 6.27. The number of hydrogen-bond acceptors (Lipinski definition) is 3. The average molecular weight is 665 g/mol. The van der Waals surface area contributed by atoms with Crippen LogP contribution in [0, 0.1) is 3.57 Å². The highest BCUT2D eigenvalue weighted by Gasteiger charge is 2.25. The van der Waals surface area contributed by atoms with Crippen LogP contribution in [0.5, 0.6) is 0 Å². The molecule has 0 bridgehead atoms. The molecular weight excluding hydrogens is 623 g/mol. The zero-order valence-electron chi connectivity index (χ0n) is 25.6. The van der Waals surface area contributed by atoms with E-state index in [9.17, 15) is 9.59 Å². The lowest BCUT2D eigenvalue weighted by Crippen LogP contribution is -2.27. The van der Waals surface area contributed by atoms with Crippen molar-refractivity contribution in [1.29, 1.82) is 0 Å². The number of carbonyl (C=O) groups is 2. The predicted molar refractivity (Wildman–Crippen MR) is 175 cm³/mol. The van der Waals surface area contributed by atoms with E-state index in [4.69, 9.17) is 4.74 Å². The maximum Gasteiger partial charge on any atom is 0.418 e. The van der Waals surface area contributed by atoms with Crippen LogP contribution in [-0.2, 0) is 22.0 Å². The molecule has 0 atom stereocenters. The topological polar surface area (TPSA) is 64.1 Å². The monoisotopic (exact) mass is 664 g/mol. The van der Waals surface area contributed by atoms with E-state index < -0.39 is 11.7 Å². The molecule has 0 spiro atoms. The molecule has 2 aromatic carbocycles. The summed E-state index contributed by atoms with van der Waals surface area (Å²) in [6.07, 6.45) is 1.76. The Balaban J connectivity index is 1.71. The fourth-order valence-corrected chi connectivity index (χ4v) is 5.02. The van der Waals surface area contributed by atoms with Crippen molar-refractivity contribution >= 4 is 34.5 Å². The quantitative estimate of drug-likeness (QED) is 0.171. The Morgan fingerprint density at radius 1 is 0.805 bits per heavy atom. The molecule has 41 heavy (non-hydrogen) atoms. The molecule has 0 unspecified atom stereocenters. The number of nitrogens with one attached hydrogen (secondary N) is 1. The van der Waals surface area contributed by atoms with Crippen LogP contribution in [0.4, 0.5) is 4.79 Å². The molecule has 5 nitrogen and oxygen atoms in total. The maximum atomic E-state index is 13.8. The third kappa shape index (κ3) is 7.39. The van der Waals surface area contributed by atoms with Crippen LogP contribution in [-0.4, -0.2) is 27.0 Å². The largest absolute Gasteiger partial charge is 0.443 e. The van der Waals surface area contributed by atoms with Crippen molar-refractivity contribution in [3.8, 4) is 11.1 Å². The first-order valence-electron chi connectivity index (χ1n) is 14.0. The lowest BCUT2D eigenvalue weighted by molar-refractivity contribution is 0.0533. The van der Waals surface area contributed by atoms with Gasteiger partial charge in [0.2, 0.25) is 5.78 Å². The highest BCUT2D eigenvalue weighted by atomic mass is 127. The number of ketones is 1. The molecule has 0 fully saturated rings. The summed E-state index contributed by atoms with van der Waals surface area (Å²) in [7, 11) is 0. The highest BCUT2D eigenvalue weighted by Crippen LogP contribution is 2.32. The molecule has 0 saturated heterocycles. The minimum Gasteiger partial charge on any atom is -0.443 e. The van der Waals surface area contributed by atoms with Crippen molar-refractivity contribution in [3.63, 3.8) is 0 Å². The third-order valence-electron chi connectivity index (χ3n) is 7.01. The van der Waals surface area contributed by atoms with Crippen molar-refractivity contribution in [1.82, 2.24) is 9.55 Å². The van der Waals surface area contributed by atoms with E-state index in [1.165, 1.54) is 0 Å². The highest BCUT2D eigenvalue weighted by molar-refractivity contribution is 14.1. The van der Waals surface area contributed by atoms with Crippen LogP contribution in [0.2, 0.25) is 0 Å². The molecule has 0 aliphatic heterocycles. The molecular formula is C35H41IN2O3. The smallest absolute Gasteiger partial charge is 0.418 e. The van der Waals surface area contributed by atoms with E-state index in [0.717, 1.165) is 37.2 Å². The van der Waals surface area contributed by atoms with E-state index in [-0.39, 0.29) is 16.6 Å². The lowest BCUT2D eigenvalue weighted by atomic mass is 9.79. The zero-order chi connectivity index (χ0) is 30.3. The van der Waals surface area contributed by atoms with Gasteiger partial charge in [-0.3, -0.25) is 9.36 Å². The van der Waals surface area contributed by atoms with E-state index in [0.29, 0.717) is 17.7 Å². The fraction of sp³-hybridized carbons (Fsp3) is 0.371. The van der Waals surface area contributed by atoms with E-state index in [1.54, 1.807) is 10.8 Å². The summed E-state index contributed by atoms with van der Waals surface area (Å²) in [5.74, 6) is -0.0479. The van der Waals surface area contributed by atoms with Crippen molar-refractivity contribution in [2.24, 2.45) is 0 Å². The van der Waals surface area contributed by atoms with E-state index in [2.05, 4.69) is 87.3 Å². The summed E-state index contributed by atoms with van der Waals surface area (Å²) < 4.78 is 8.42. The van der Waals surface area contributed by atoms with Crippen LogP contribution in [0.15, 0.2) is 66.9 Å². The number of benzene rings is 2. The first kappa shape index (κ1) is 30.8. The van der Waals surface area contributed by atoms with Gasteiger partial charge in [0.05, 0.1) is 5.69 Å². The van der Waals surface area contributed by atoms with Crippen LogP contribution >= 0.6 is 22.6 Å². The molecule has 2 heterocycles. The standard InChI is InChI=1S/C35H41IN2O3/c1-33(2,3)24-18-23(19-25(20-24)34(4,5)6)31(39)29-15-14-27(37-29)21-30-28(22-10-12-26(36)13-11-22)16-17-38(30)32(40)41-35(7,8)9/h10-20,37H,21H2,1-9H3. The fourth-order valence-electron chi connectivity index (χ4n) is 4.66. The van der Waals surface area contributed by atoms with Crippen LogP contribution < -0.4 is 0 Å². The molecule has 0 aliphatic rings. The summed E-state index contributed by atoms with van der Waals surface area (Å²) in [6.45, 7) is 18.6. The number of ether oxygens (including phenoxy) is 1. The number of H-pyrrole nitrogens is 1. The Morgan fingerprint density at radius 2 is 1.39 bits per heavy atom. The molecule has 4 aromatic rings. The Hall–Kier alpha value is -3.13. The van der Waals surface area contributed by atoms with Crippen molar-refractivity contribution < 1.29 is 14.3 Å². The lowest BCUT2D eigenvalue weighted by Gasteiger charge is -2.26. The molecule has 1 N–H and O–H groups in total. The second kappa shape index (κ2) is 11.3. The normalized spacial score (nSPS) is 12.4. The van der Waals surface area contributed by atoms with Gasteiger partial charge in [-0.05, 0) is 113 Å². The molecule has 0 amide bonds. The van der Waals surface area contributed by atoms with Gasteiger partial charge in [-0.15, -0.1) is 0 Å². The maximum absolute atomic E-state index is 13.8. The summed E-state index contributed by atoms with van der Waals surface area (Å²) in [6, 6.07) is 20.2. The van der Waals surface area contributed by atoms with Crippen molar-refractivity contribution in [2.45, 2.75) is 85.2 Å². The predicted octanol–water partition coefficient (Wildman–Crippen LogP) is 9.29.